The van der Waals surface area contributed by atoms with Crippen LogP contribution in [-0.2, 0) is 4.74 Å². The van der Waals surface area contributed by atoms with E-state index in [1.165, 1.54) is 32.8 Å². The van der Waals surface area contributed by atoms with Gasteiger partial charge >= 0.3 is 5.97 Å². The average Bonchev–Trinajstić information content (AvgIpc) is 3.28. The van der Waals surface area contributed by atoms with Crippen LogP contribution in [0.25, 0.3) is 0 Å². The van der Waals surface area contributed by atoms with E-state index in [-0.39, 0.29) is 5.97 Å². The zero-order chi connectivity index (χ0) is 12.5. The number of anilines is 1. The summed E-state index contributed by atoms with van der Waals surface area (Å²) >= 11 is 0. The molecule has 0 aromatic heterocycles. The van der Waals surface area contributed by atoms with Gasteiger partial charge in [0.25, 0.3) is 0 Å². The third-order valence-corrected chi connectivity index (χ3v) is 3.88. The molecular weight excluding hydrogens is 226 g/mol. The van der Waals surface area contributed by atoms with Gasteiger partial charge in [0.1, 0.15) is 0 Å². The Morgan fingerprint density at radius 1 is 1.28 bits per heavy atom. The van der Waals surface area contributed by atoms with Gasteiger partial charge in [-0.15, -0.1) is 0 Å². The van der Waals surface area contributed by atoms with E-state index in [4.69, 9.17) is 4.74 Å². The summed E-state index contributed by atoms with van der Waals surface area (Å²) in [5.74, 6) is 1.42. The third-order valence-electron chi connectivity index (χ3n) is 3.88. The van der Waals surface area contributed by atoms with Crippen LogP contribution in [-0.4, -0.2) is 19.1 Å². The molecule has 2 fully saturated rings. The van der Waals surface area contributed by atoms with Crippen LogP contribution in [0.15, 0.2) is 24.3 Å². The third kappa shape index (κ3) is 2.50. The Hall–Kier alpha value is -1.51. The van der Waals surface area contributed by atoms with Crippen LogP contribution >= 0.6 is 0 Å². The molecule has 1 aromatic carbocycles. The van der Waals surface area contributed by atoms with Crippen LogP contribution in [0.3, 0.4) is 0 Å². The van der Waals surface area contributed by atoms with Crippen molar-refractivity contribution in [1.82, 2.24) is 0 Å². The zero-order valence-electron chi connectivity index (χ0n) is 10.7. The van der Waals surface area contributed by atoms with Crippen molar-refractivity contribution in [3.05, 3.63) is 29.8 Å². The van der Waals surface area contributed by atoms with Gasteiger partial charge in [0.15, 0.2) is 0 Å². The molecule has 2 saturated carbocycles. The van der Waals surface area contributed by atoms with Crippen LogP contribution in [0.4, 0.5) is 5.69 Å². The predicted octanol–water partition coefficient (Wildman–Crippen LogP) is 3.07. The van der Waals surface area contributed by atoms with Gasteiger partial charge in [-0.1, -0.05) is 6.07 Å². The van der Waals surface area contributed by atoms with Crippen molar-refractivity contribution in [3.8, 4) is 0 Å². The van der Waals surface area contributed by atoms with Gasteiger partial charge in [0.2, 0.25) is 0 Å². The highest BCUT2D eigenvalue weighted by Gasteiger charge is 2.41. The lowest BCUT2D eigenvalue weighted by molar-refractivity contribution is 0.0601. The molecule has 96 valence electrons. The van der Waals surface area contributed by atoms with E-state index in [1.807, 2.05) is 18.2 Å². The summed E-state index contributed by atoms with van der Waals surface area (Å²) in [6, 6.07) is 8.23. The molecule has 1 N–H and O–H groups in total. The smallest absolute Gasteiger partial charge is 0.337 e. The second-order valence-corrected chi connectivity index (χ2v) is 5.42. The minimum absolute atomic E-state index is 0.270. The van der Waals surface area contributed by atoms with Gasteiger partial charge in [0, 0.05) is 11.7 Å². The Balaban J connectivity index is 1.72. The van der Waals surface area contributed by atoms with Crippen molar-refractivity contribution < 1.29 is 9.53 Å². The van der Waals surface area contributed by atoms with E-state index < -0.39 is 0 Å². The van der Waals surface area contributed by atoms with Crippen LogP contribution < -0.4 is 5.32 Å². The molecule has 3 rings (SSSR count). The normalized spacial score (nSPS) is 18.8. The van der Waals surface area contributed by atoms with Gasteiger partial charge in [-0.25, -0.2) is 4.79 Å². The predicted molar refractivity (Wildman–Crippen MR) is 70.6 cm³/mol. The first kappa shape index (κ1) is 11.6. The highest BCUT2D eigenvalue weighted by molar-refractivity contribution is 5.90. The van der Waals surface area contributed by atoms with Crippen LogP contribution in [0.2, 0.25) is 0 Å². The standard InChI is InChI=1S/C15H19NO2/c1-18-15(17)12-3-2-4-13(9-12)16-14(10-5-6-10)11-7-8-11/h2-4,9-11,14,16H,5-8H2,1H3. The monoisotopic (exact) mass is 245 g/mol. The Labute approximate surface area is 108 Å². The van der Waals surface area contributed by atoms with Gasteiger partial charge < -0.3 is 10.1 Å². The number of methoxy groups -OCH3 is 1. The van der Waals surface area contributed by atoms with Gasteiger partial charge in [0.05, 0.1) is 12.7 Å². The summed E-state index contributed by atoms with van der Waals surface area (Å²) < 4.78 is 4.75. The lowest BCUT2D eigenvalue weighted by atomic mass is 10.1. The summed E-state index contributed by atoms with van der Waals surface area (Å²) in [6.07, 6.45) is 5.41. The second-order valence-electron chi connectivity index (χ2n) is 5.42. The number of esters is 1. The minimum Gasteiger partial charge on any atom is -0.465 e. The fraction of sp³-hybridized carbons (Fsp3) is 0.533. The summed E-state index contributed by atoms with van der Waals surface area (Å²) in [6.45, 7) is 0. The molecule has 0 spiro atoms. The Bertz CT molecular complexity index is 438. The van der Waals surface area contributed by atoms with Crippen molar-refractivity contribution >= 4 is 11.7 Å². The maximum Gasteiger partial charge on any atom is 0.337 e. The maximum atomic E-state index is 11.5. The SMILES string of the molecule is COC(=O)c1cccc(NC(C2CC2)C2CC2)c1. The number of ether oxygens (including phenoxy) is 1. The van der Waals surface area contributed by atoms with Crippen molar-refractivity contribution in [2.24, 2.45) is 11.8 Å². The molecular formula is C15H19NO2. The van der Waals surface area contributed by atoms with E-state index in [9.17, 15) is 4.79 Å². The van der Waals surface area contributed by atoms with Crippen molar-refractivity contribution in [1.29, 1.82) is 0 Å². The van der Waals surface area contributed by atoms with E-state index in [2.05, 4.69) is 5.32 Å². The molecule has 0 unspecified atom stereocenters. The average molecular weight is 245 g/mol. The zero-order valence-corrected chi connectivity index (χ0v) is 10.7. The van der Waals surface area contributed by atoms with E-state index in [1.54, 1.807) is 6.07 Å². The number of rotatable bonds is 5. The quantitative estimate of drug-likeness (QED) is 0.810. The van der Waals surface area contributed by atoms with Crippen molar-refractivity contribution in [3.63, 3.8) is 0 Å². The van der Waals surface area contributed by atoms with Crippen molar-refractivity contribution in [2.45, 2.75) is 31.7 Å². The van der Waals surface area contributed by atoms with Gasteiger partial charge in [-0.3, -0.25) is 0 Å². The number of carbonyl (C=O) groups is 1. The van der Waals surface area contributed by atoms with Crippen molar-refractivity contribution in [2.75, 3.05) is 12.4 Å². The molecule has 0 atom stereocenters. The minimum atomic E-state index is -0.270. The molecule has 0 amide bonds. The number of hydrogen-bond donors (Lipinski definition) is 1. The number of hydrogen-bond acceptors (Lipinski definition) is 3. The molecule has 3 heteroatoms. The Morgan fingerprint density at radius 3 is 2.50 bits per heavy atom. The Morgan fingerprint density at radius 2 is 1.94 bits per heavy atom. The van der Waals surface area contributed by atoms with Crippen LogP contribution in [0.5, 0.6) is 0 Å². The van der Waals surface area contributed by atoms with Crippen LogP contribution in [0, 0.1) is 11.8 Å². The van der Waals surface area contributed by atoms with E-state index in [0.29, 0.717) is 11.6 Å². The molecule has 0 heterocycles. The maximum absolute atomic E-state index is 11.5. The first-order valence-electron chi connectivity index (χ1n) is 6.73. The topological polar surface area (TPSA) is 38.3 Å². The fourth-order valence-corrected chi connectivity index (χ4v) is 2.58. The number of carbonyl (C=O) groups excluding carboxylic acids is 1. The number of benzene rings is 1. The van der Waals surface area contributed by atoms with Gasteiger partial charge in [-0.05, 0) is 55.7 Å². The lowest BCUT2D eigenvalue weighted by Gasteiger charge is -2.19. The van der Waals surface area contributed by atoms with E-state index in [0.717, 1.165) is 17.5 Å². The molecule has 1 aromatic rings. The second kappa shape index (κ2) is 4.63. The summed E-state index contributed by atoms with van der Waals surface area (Å²) in [5, 5.41) is 3.61. The highest BCUT2D eigenvalue weighted by atomic mass is 16.5. The van der Waals surface area contributed by atoms with Crippen LogP contribution in [0.1, 0.15) is 36.0 Å². The molecule has 0 radical (unpaired) electrons. The highest BCUT2D eigenvalue weighted by Crippen LogP contribution is 2.45. The molecule has 0 bridgehead atoms. The number of nitrogens with one attached hydrogen (secondary N) is 1. The van der Waals surface area contributed by atoms with E-state index >= 15 is 0 Å². The summed E-state index contributed by atoms with van der Waals surface area (Å²) in [7, 11) is 1.42. The first-order chi connectivity index (χ1) is 8.78. The molecule has 0 saturated heterocycles. The largest absolute Gasteiger partial charge is 0.465 e. The molecule has 2 aliphatic carbocycles. The summed E-state index contributed by atoms with van der Waals surface area (Å²) in [4.78, 5) is 11.5. The Kier molecular flexibility index (Phi) is 2.98. The molecule has 0 aliphatic heterocycles. The lowest BCUT2D eigenvalue weighted by Crippen LogP contribution is -2.24. The first-order valence-corrected chi connectivity index (χ1v) is 6.73. The molecule has 2 aliphatic rings. The van der Waals surface area contributed by atoms with Gasteiger partial charge in [-0.2, -0.15) is 0 Å². The fourth-order valence-electron chi connectivity index (χ4n) is 2.58. The molecule has 3 nitrogen and oxygen atoms in total. The summed E-state index contributed by atoms with van der Waals surface area (Å²) in [5.41, 5.74) is 1.66. The molecule has 18 heavy (non-hydrogen) atoms.